The first-order valence-corrected chi connectivity index (χ1v) is 4.49. The molecule has 6 heteroatoms. The largest absolute Gasteiger partial charge is 0.496 e. The Kier molecular flexibility index (Phi) is 3.59. The molecule has 0 radical (unpaired) electrons. The molecule has 17 heavy (non-hydrogen) atoms. The Morgan fingerprint density at radius 2 is 1.94 bits per heavy atom. The molecule has 0 atom stereocenters. The van der Waals surface area contributed by atoms with Crippen molar-refractivity contribution in [3.63, 3.8) is 0 Å². The van der Waals surface area contributed by atoms with Crippen molar-refractivity contribution in [1.29, 1.82) is 10.5 Å². The van der Waals surface area contributed by atoms with E-state index in [1.807, 2.05) is 0 Å². The molecule has 0 saturated carbocycles. The molecule has 0 aliphatic heterocycles. The van der Waals surface area contributed by atoms with E-state index < -0.39 is 23.1 Å². The number of hydrogen-bond acceptors (Lipinski definition) is 3. The quantitative estimate of drug-likeness (QED) is 0.798. The summed E-state index contributed by atoms with van der Waals surface area (Å²) in [6.07, 6.45) is -4.90. The summed E-state index contributed by atoms with van der Waals surface area (Å²) >= 11 is 0. The van der Waals surface area contributed by atoms with Gasteiger partial charge in [0.2, 0.25) is 0 Å². The summed E-state index contributed by atoms with van der Waals surface area (Å²) in [6.45, 7) is 0. The van der Waals surface area contributed by atoms with Crippen LogP contribution in [0.3, 0.4) is 0 Å². The lowest BCUT2D eigenvalue weighted by Crippen LogP contribution is -2.12. The van der Waals surface area contributed by atoms with Crippen molar-refractivity contribution in [2.24, 2.45) is 0 Å². The molecular formula is C11H7F3N2O. The molecule has 0 aliphatic rings. The number of nitrogens with zero attached hydrogens (tertiary/aromatic N) is 2. The van der Waals surface area contributed by atoms with Gasteiger partial charge >= 0.3 is 6.18 Å². The van der Waals surface area contributed by atoms with Crippen molar-refractivity contribution in [2.45, 2.75) is 12.6 Å². The molecular weight excluding hydrogens is 233 g/mol. The Labute approximate surface area is 95.7 Å². The van der Waals surface area contributed by atoms with E-state index >= 15 is 0 Å². The smallest absolute Gasteiger partial charge is 0.421 e. The second kappa shape index (κ2) is 4.75. The Bertz CT molecular complexity index is 509. The van der Waals surface area contributed by atoms with Crippen LogP contribution in [-0.4, -0.2) is 7.11 Å². The maximum Gasteiger partial charge on any atom is 0.421 e. The van der Waals surface area contributed by atoms with Gasteiger partial charge in [0.15, 0.2) is 0 Å². The van der Waals surface area contributed by atoms with Crippen molar-refractivity contribution >= 4 is 0 Å². The molecule has 0 aliphatic carbocycles. The number of rotatable bonds is 2. The van der Waals surface area contributed by atoms with E-state index in [0.717, 1.165) is 13.2 Å². The maximum absolute atomic E-state index is 12.8. The molecule has 0 saturated heterocycles. The van der Waals surface area contributed by atoms with Crippen LogP contribution in [0.15, 0.2) is 12.1 Å². The van der Waals surface area contributed by atoms with Gasteiger partial charge in [-0.3, -0.25) is 0 Å². The van der Waals surface area contributed by atoms with Crippen LogP contribution in [-0.2, 0) is 12.6 Å². The summed E-state index contributed by atoms with van der Waals surface area (Å²) in [5.41, 5.74) is -1.53. The molecule has 0 unspecified atom stereocenters. The van der Waals surface area contributed by atoms with E-state index in [1.165, 1.54) is 12.1 Å². The number of methoxy groups -OCH3 is 1. The highest BCUT2D eigenvalue weighted by Gasteiger charge is 2.38. The molecule has 0 spiro atoms. The SMILES string of the molecule is COc1c(CC#N)ccc(C#N)c1C(F)(F)F. The minimum atomic E-state index is -4.69. The summed E-state index contributed by atoms with van der Waals surface area (Å²) in [7, 11) is 1.08. The summed E-state index contributed by atoms with van der Waals surface area (Å²) < 4.78 is 43.0. The van der Waals surface area contributed by atoms with Crippen LogP contribution in [0, 0.1) is 22.7 Å². The Morgan fingerprint density at radius 3 is 2.35 bits per heavy atom. The first-order chi connectivity index (χ1) is 7.95. The number of halogens is 3. The van der Waals surface area contributed by atoms with E-state index in [1.54, 1.807) is 6.07 Å². The fourth-order valence-corrected chi connectivity index (χ4v) is 1.46. The predicted octanol–water partition coefficient (Wildman–Crippen LogP) is 2.65. The van der Waals surface area contributed by atoms with Crippen LogP contribution < -0.4 is 4.74 Å². The first kappa shape index (κ1) is 12.9. The van der Waals surface area contributed by atoms with Crippen molar-refractivity contribution in [3.05, 3.63) is 28.8 Å². The van der Waals surface area contributed by atoms with Gasteiger partial charge in [-0.15, -0.1) is 0 Å². The monoisotopic (exact) mass is 240 g/mol. The standard InChI is InChI=1S/C11H7F3N2O/c1-17-10-7(4-5-15)2-3-8(6-16)9(10)11(12,13)14/h2-3H,4H2,1H3. The minimum absolute atomic E-state index is 0.112. The third kappa shape index (κ3) is 2.48. The summed E-state index contributed by atoms with van der Waals surface area (Å²) in [4.78, 5) is 0. The van der Waals surface area contributed by atoms with E-state index in [0.29, 0.717) is 0 Å². The number of nitriles is 2. The molecule has 1 aromatic carbocycles. The second-order valence-corrected chi connectivity index (χ2v) is 3.12. The van der Waals surface area contributed by atoms with E-state index in [2.05, 4.69) is 4.74 Å². The van der Waals surface area contributed by atoms with Crippen LogP contribution in [0.4, 0.5) is 13.2 Å². The zero-order valence-electron chi connectivity index (χ0n) is 8.80. The summed E-state index contributed by atoms with van der Waals surface area (Å²) in [5, 5.41) is 17.2. The van der Waals surface area contributed by atoms with Gasteiger partial charge in [0, 0.05) is 5.56 Å². The maximum atomic E-state index is 12.8. The number of hydrogen-bond donors (Lipinski definition) is 0. The van der Waals surface area contributed by atoms with Crippen molar-refractivity contribution in [2.75, 3.05) is 7.11 Å². The van der Waals surface area contributed by atoms with Gasteiger partial charge in [0.25, 0.3) is 0 Å². The zero-order valence-corrected chi connectivity index (χ0v) is 8.80. The second-order valence-electron chi connectivity index (χ2n) is 3.12. The molecule has 0 N–H and O–H groups in total. The number of benzene rings is 1. The van der Waals surface area contributed by atoms with Crippen LogP contribution in [0.25, 0.3) is 0 Å². The minimum Gasteiger partial charge on any atom is -0.496 e. The van der Waals surface area contributed by atoms with Crippen LogP contribution >= 0.6 is 0 Å². The normalized spacial score (nSPS) is 10.5. The van der Waals surface area contributed by atoms with Crippen molar-refractivity contribution < 1.29 is 17.9 Å². The van der Waals surface area contributed by atoms with Gasteiger partial charge in [-0.2, -0.15) is 23.7 Å². The Balaban J connectivity index is 3.57. The summed E-state index contributed by atoms with van der Waals surface area (Å²) in [5.74, 6) is -0.460. The molecule has 0 bridgehead atoms. The van der Waals surface area contributed by atoms with Crippen molar-refractivity contribution in [1.82, 2.24) is 0 Å². The molecule has 1 rings (SSSR count). The first-order valence-electron chi connectivity index (χ1n) is 4.49. The number of ether oxygens (including phenoxy) is 1. The lowest BCUT2D eigenvalue weighted by atomic mass is 10.0. The highest BCUT2D eigenvalue weighted by atomic mass is 19.4. The van der Waals surface area contributed by atoms with E-state index in [4.69, 9.17) is 10.5 Å². The lowest BCUT2D eigenvalue weighted by Gasteiger charge is -2.15. The van der Waals surface area contributed by atoms with E-state index in [9.17, 15) is 13.2 Å². The third-order valence-corrected chi connectivity index (χ3v) is 2.12. The van der Waals surface area contributed by atoms with Crippen LogP contribution in [0.1, 0.15) is 16.7 Å². The average molecular weight is 240 g/mol. The Morgan fingerprint density at radius 1 is 1.29 bits per heavy atom. The van der Waals surface area contributed by atoms with Gasteiger partial charge in [-0.25, -0.2) is 0 Å². The molecule has 0 heterocycles. The fourth-order valence-electron chi connectivity index (χ4n) is 1.46. The molecule has 0 amide bonds. The Hall–Kier alpha value is -2.21. The molecule has 1 aromatic rings. The average Bonchev–Trinajstić information content (AvgIpc) is 2.27. The van der Waals surface area contributed by atoms with Crippen LogP contribution in [0.5, 0.6) is 5.75 Å². The zero-order chi connectivity index (χ0) is 13.1. The highest BCUT2D eigenvalue weighted by molar-refractivity contribution is 5.53. The fraction of sp³-hybridized carbons (Fsp3) is 0.273. The number of alkyl halides is 3. The third-order valence-electron chi connectivity index (χ3n) is 2.12. The predicted molar refractivity (Wildman–Crippen MR) is 52.0 cm³/mol. The van der Waals surface area contributed by atoms with Gasteiger partial charge in [0.05, 0.1) is 31.2 Å². The van der Waals surface area contributed by atoms with Gasteiger partial charge in [-0.05, 0) is 6.07 Å². The van der Waals surface area contributed by atoms with Gasteiger partial charge in [-0.1, -0.05) is 6.07 Å². The summed E-state index contributed by atoms with van der Waals surface area (Å²) in [6, 6.07) is 5.54. The topological polar surface area (TPSA) is 56.8 Å². The molecule has 88 valence electrons. The lowest BCUT2D eigenvalue weighted by molar-refractivity contribution is -0.139. The molecule has 0 fully saturated rings. The molecule has 3 nitrogen and oxygen atoms in total. The molecule has 0 aromatic heterocycles. The van der Waals surface area contributed by atoms with Gasteiger partial charge in [0.1, 0.15) is 11.3 Å². The highest BCUT2D eigenvalue weighted by Crippen LogP contribution is 2.40. The van der Waals surface area contributed by atoms with Crippen LogP contribution in [0.2, 0.25) is 0 Å². The van der Waals surface area contributed by atoms with Gasteiger partial charge < -0.3 is 4.74 Å². The van der Waals surface area contributed by atoms with Crippen molar-refractivity contribution in [3.8, 4) is 17.9 Å². The van der Waals surface area contributed by atoms with E-state index in [-0.39, 0.29) is 12.0 Å².